The van der Waals surface area contributed by atoms with Crippen molar-refractivity contribution in [3.63, 3.8) is 0 Å². The number of nitro groups is 3. The van der Waals surface area contributed by atoms with Gasteiger partial charge in [-0.1, -0.05) is 32.8 Å². The Morgan fingerprint density at radius 3 is 2.12 bits per heavy atom. The minimum absolute atomic E-state index is 0.275. The molecule has 0 spiro atoms. The Kier molecular flexibility index (Phi) is 7.79. The molecule has 140 valence electrons. The Morgan fingerprint density at radius 2 is 1.64 bits per heavy atom. The molecule has 0 aromatic heterocycles. The second kappa shape index (κ2) is 9.57. The van der Waals surface area contributed by atoms with E-state index >= 15 is 0 Å². The molecular weight excluding hydrogens is 334 g/mol. The van der Waals surface area contributed by atoms with Gasteiger partial charge in [-0.2, -0.15) is 0 Å². The van der Waals surface area contributed by atoms with Gasteiger partial charge in [-0.3, -0.25) is 30.3 Å². The van der Waals surface area contributed by atoms with Crippen LogP contribution in [0.25, 0.3) is 0 Å². The first-order valence-corrected chi connectivity index (χ1v) is 8.08. The monoisotopic (exact) mass is 356 g/mol. The molecule has 0 radical (unpaired) electrons. The fraction of sp³-hybridized carbons (Fsp3) is 0.643. The predicted molar refractivity (Wildman–Crippen MR) is 88.9 cm³/mol. The van der Waals surface area contributed by atoms with Crippen LogP contribution in [0, 0.1) is 36.4 Å². The maximum atomic E-state index is 11.6. The van der Waals surface area contributed by atoms with Crippen LogP contribution in [0.4, 0.5) is 0 Å². The van der Waals surface area contributed by atoms with Crippen LogP contribution in [0.3, 0.4) is 0 Å². The summed E-state index contributed by atoms with van der Waals surface area (Å²) in [7, 11) is 0. The van der Waals surface area contributed by atoms with E-state index in [1.165, 1.54) is 0 Å². The van der Waals surface area contributed by atoms with Crippen LogP contribution in [0.2, 0.25) is 0 Å². The van der Waals surface area contributed by atoms with Gasteiger partial charge in [0.1, 0.15) is 17.8 Å². The van der Waals surface area contributed by atoms with Gasteiger partial charge in [0.2, 0.25) is 0 Å². The highest BCUT2D eigenvalue weighted by atomic mass is 16.6. The maximum absolute atomic E-state index is 11.6. The predicted octanol–water partition coefficient (Wildman–Crippen LogP) is 1.61. The van der Waals surface area contributed by atoms with Crippen LogP contribution in [0.15, 0.2) is 23.2 Å². The van der Waals surface area contributed by atoms with Crippen LogP contribution in [0.5, 0.6) is 0 Å². The molecule has 1 unspecified atom stereocenters. The number of hydrogen-bond donors (Lipinski definition) is 2. The van der Waals surface area contributed by atoms with E-state index in [9.17, 15) is 30.3 Å². The lowest BCUT2D eigenvalue weighted by molar-refractivity contribution is -0.483. The summed E-state index contributed by atoms with van der Waals surface area (Å²) in [5.41, 5.74) is -1.53. The Labute approximate surface area is 144 Å². The summed E-state index contributed by atoms with van der Waals surface area (Å²) in [5, 5.41) is 39.6. The molecule has 2 N–H and O–H groups in total. The molecule has 0 bridgehead atoms. The first kappa shape index (κ1) is 20.4. The molecule has 1 aliphatic rings. The summed E-state index contributed by atoms with van der Waals surface area (Å²) in [6, 6.07) is -1.92. The van der Waals surface area contributed by atoms with Crippen molar-refractivity contribution < 1.29 is 14.8 Å². The van der Waals surface area contributed by atoms with Crippen LogP contribution in [0.1, 0.15) is 39.5 Å². The Hall–Kier alpha value is -2.69. The van der Waals surface area contributed by atoms with E-state index in [1.807, 2.05) is 13.8 Å². The van der Waals surface area contributed by atoms with Crippen molar-refractivity contribution in [3.05, 3.63) is 59.6 Å². The normalized spacial score (nSPS) is 17.3. The van der Waals surface area contributed by atoms with Crippen molar-refractivity contribution >= 4 is 0 Å². The van der Waals surface area contributed by atoms with E-state index in [-0.39, 0.29) is 5.70 Å². The van der Waals surface area contributed by atoms with Gasteiger partial charge in [-0.25, -0.2) is 0 Å². The van der Waals surface area contributed by atoms with E-state index in [0.29, 0.717) is 25.9 Å². The number of nitrogens with one attached hydrogen (secondary N) is 2. The average molecular weight is 356 g/mol. The van der Waals surface area contributed by atoms with Gasteiger partial charge in [-0.15, -0.1) is 0 Å². The number of hydrogen-bond acceptors (Lipinski definition) is 8. The molecule has 0 heterocycles. The molecular formula is C14H22N5O6-. The quantitative estimate of drug-likeness (QED) is 0.245. The maximum Gasteiger partial charge on any atom is 0.267 e. The SMILES string of the molecule is CCCCNC1=C([N+](=O)[O-])C(NCCCC)[C-]([N+](=O)[O-])C=C1[N+](=O)[O-]. The highest BCUT2D eigenvalue weighted by Crippen LogP contribution is 2.30. The molecule has 0 aromatic carbocycles. The minimum atomic E-state index is -1.32. The molecule has 1 atom stereocenters. The summed E-state index contributed by atoms with van der Waals surface area (Å²) >= 11 is 0. The third-order valence-corrected chi connectivity index (χ3v) is 3.68. The fourth-order valence-electron chi connectivity index (χ4n) is 2.41. The fourth-order valence-corrected chi connectivity index (χ4v) is 2.41. The zero-order chi connectivity index (χ0) is 19.0. The summed E-state index contributed by atoms with van der Waals surface area (Å²) in [4.78, 5) is 31.7. The van der Waals surface area contributed by atoms with Gasteiger partial charge in [-0.05, 0) is 29.2 Å². The van der Waals surface area contributed by atoms with Gasteiger partial charge in [0.15, 0.2) is 5.70 Å². The zero-order valence-corrected chi connectivity index (χ0v) is 14.2. The smallest absolute Gasteiger partial charge is 0.267 e. The second-order valence-electron chi connectivity index (χ2n) is 5.51. The summed E-state index contributed by atoms with van der Waals surface area (Å²) in [6.07, 6.45) is 3.69. The van der Waals surface area contributed by atoms with E-state index in [1.54, 1.807) is 0 Å². The van der Waals surface area contributed by atoms with E-state index in [4.69, 9.17) is 0 Å². The molecule has 0 saturated heterocycles. The van der Waals surface area contributed by atoms with Gasteiger partial charge in [0.25, 0.3) is 5.70 Å². The van der Waals surface area contributed by atoms with Crippen molar-refractivity contribution in [3.8, 4) is 0 Å². The Bertz CT molecular complexity index is 588. The van der Waals surface area contributed by atoms with Crippen molar-refractivity contribution in [2.75, 3.05) is 13.1 Å². The van der Waals surface area contributed by atoms with Gasteiger partial charge in [0.05, 0.1) is 4.92 Å². The highest BCUT2D eigenvalue weighted by Gasteiger charge is 2.42. The number of rotatable bonds is 11. The Morgan fingerprint density at radius 1 is 1.04 bits per heavy atom. The van der Waals surface area contributed by atoms with Gasteiger partial charge in [0, 0.05) is 6.54 Å². The molecule has 0 aliphatic heterocycles. The van der Waals surface area contributed by atoms with Crippen molar-refractivity contribution in [1.82, 2.24) is 10.6 Å². The largest absolute Gasteiger partial charge is 0.389 e. The molecule has 1 aliphatic carbocycles. The lowest BCUT2D eigenvalue weighted by atomic mass is 9.95. The average Bonchev–Trinajstić information content (AvgIpc) is 2.54. The van der Waals surface area contributed by atoms with Gasteiger partial charge < -0.3 is 10.6 Å². The summed E-state index contributed by atoms with van der Waals surface area (Å²) < 4.78 is 0. The molecule has 0 aromatic rings. The van der Waals surface area contributed by atoms with E-state index in [0.717, 1.165) is 18.9 Å². The molecule has 1 rings (SSSR count). The molecule has 11 heteroatoms. The standard InChI is InChI=1S/C14H22N5O6/c1-3-5-7-15-12-10(17(20)21)9-11(18(22)23)13(14(12)19(24)25)16-8-6-4-2/h9,12,15-16H,3-8H2,1-2H3/q-1. The third kappa shape index (κ3) is 5.14. The molecule has 25 heavy (non-hydrogen) atoms. The topological polar surface area (TPSA) is 153 Å². The van der Waals surface area contributed by atoms with Crippen LogP contribution in [-0.4, -0.2) is 33.9 Å². The van der Waals surface area contributed by atoms with Gasteiger partial charge >= 0.3 is 0 Å². The summed E-state index contributed by atoms with van der Waals surface area (Å²) in [5.74, 6) is 0. The lowest BCUT2D eigenvalue weighted by Crippen LogP contribution is -2.46. The molecule has 0 amide bonds. The third-order valence-electron chi connectivity index (χ3n) is 3.68. The van der Waals surface area contributed by atoms with Crippen LogP contribution < -0.4 is 10.6 Å². The van der Waals surface area contributed by atoms with Crippen molar-refractivity contribution in [2.24, 2.45) is 0 Å². The lowest BCUT2D eigenvalue weighted by Gasteiger charge is -2.29. The Balaban J connectivity index is 3.35. The van der Waals surface area contributed by atoms with E-state index in [2.05, 4.69) is 10.6 Å². The van der Waals surface area contributed by atoms with E-state index < -0.39 is 38.2 Å². The highest BCUT2D eigenvalue weighted by molar-refractivity contribution is 5.40. The molecule has 11 nitrogen and oxygen atoms in total. The summed E-state index contributed by atoms with van der Waals surface area (Å²) in [6.45, 7) is 4.43. The minimum Gasteiger partial charge on any atom is -0.389 e. The molecule has 0 saturated carbocycles. The van der Waals surface area contributed by atoms with Crippen LogP contribution >= 0.6 is 0 Å². The van der Waals surface area contributed by atoms with Crippen LogP contribution in [-0.2, 0) is 0 Å². The first-order valence-electron chi connectivity index (χ1n) is 8.08. The molecule has 0 fully saturated rings. The second-order valence-corrected chi connectivity index (χ2v) is 5.51. The zero-order valence-electron chi connectivity index (χ0n) is 14.2. The number of unbranched alkanes of at least 4 members (excludes halogenated alkanes) is 2. The van der Waals surface area contributed by atoms with Crippen molar-refractivity contribution in [2.45, 2.75) is 45.6 Å². The first-order chi connectivity index (χ1) is 11.8. The number of nitrogens with zero attached hydrogens (tertiary/aromatic N) is 3. The van der Waals surface area contributed by atoms with Crippen molar-refractivity contribution in [1.29, 1.82) is 0 Å².